The number of hydrogen-bond acceptors (Lipinski definition) is 2. The van der Waals surface area contributed by atoms with E-state index in [-0.39, 0.29) is 6.04 Å². The molecule has 2 aromatic rings. The summed E-state index contributed by atoms with van der Waals surface area (Å²) in [7, 11) is 2.13. The van der Waals surface area contributed by atoms with Crippen molar-refractivity contribution in [3.63, 3.8) is 0 Å². The fourth-order valence-corrected chi connectivity index (χ4v) is 2.77. The highest BCUT2D eigenvalue weighted by molar-refractivity contribution is 9.10. The van der Waals surface area contributed by atoms with Gasteiger partial charge < -0.3 is 10.6 Å². The molecule has 1 unspecified atom stereocenters. The lowest BCUT2D eigenvalue weighted by atomic mass is 10.0. The molecule has 3 heteroatoms. The van der Waals surface area contributed by atoms with Crippen LogP contribution in [0.4, 0.5) is 5.69 Å². The molecule has 2 rings (SSSR count). The molecule has 0 saturated heterocycles. The fourth-order valence-electron chi connectivity index (χ4n) is 2.51. The predicted molar refractivity (Wildman–Crippen MR) is 94.9 cm³/mol. The van der Waals surface area contributed by atoms with Gasteiger partial charge in [0.05, 0.1) is 0 Å². The number of anilines is 1. The van der Waals surface area contributed by atoms with Crippen LogP contribution in [0.2, 0.25) is 0 Å². The minimum atomic E-state index is 0.0754. The second-order valence-electron chi connectivity index (χ2n) is 5.71. The summed E-state index contributed by atoms with van der Waals surface area (Å²) in [6.45, 7) is 5.22. The molecule has 0 aromatic heterocycles. The average molecular weight is 347 g/mol. The van der Waals surface area contributed by atoms with E-state index < -0.39 is 0 Å². The summed E-state index contributed by atoms with van der Waals surface area (Å²) in [6, 6.07) is 15.0. The Morgan fingerprint density at radius 1 is 1.05 bits per heavy atom. The summed E-state index contributed by atoms with van der Waals surface area (Å²) >= 11 is 3.45. The second-order valence-corrected chi connectivity index (χ2v) is 6.63. The molecule has 0 heterocycles. The molecule has 0 aliphatic carbocycles. The maximum Gasteiger partial charge on any atom is 0.0368 e. The number of hydrogen-bond donors (Lipinski definition) is 1. The van der Waals surface area contributed by atoms with E-state index in [4.69, 9.17) is 5.73 Å². The number of nitrogens with two attached hydrogens (primary N) is 1. The van der Waals surface area contributed by atoms with E-state index in [1.807, 2.05) is 12.1 Å². The molecule has 0 amide bonds. The quantitative estimate of drug-likeness (QED) is 0.857. The number of halogens is 1. The fraction of sp³-hybridized carbons (Fsp3) is 0.333. The smallest absolute Gasteiger partial charge is 0.0368 e. The van der Waals surface area contributed by atoms with Gasteiger partial charge >= 0.3 is 0 Å². The Hall–Kier alpha value is -1.32. The molecule has 2 nitrogen and oxygen atoms in total. The van der Waals surface area contributed by atoms with Gasteiger partial charge in [-0.3, -0.25) is 0 Å². The van der Waals surface area contributed by atoms with Crippen LogP contribution in [0.25, 0.3) is 0 Å². The van der Waals surface area contributed by atoms with Gasteiger partial charge in [-0.25, -0.2) is 0 Å². The van der Waals surface area contributed by atoms with Crippen LogP contribution >= 0.6 is 15.9 Å². The topological polar surface area (TPSA) is 29.3 Å². The molecular weight excluding hydrogens is 324 g/mol. The number of benzene rings is 2. The maximum absolute atomic E-state index is 6.29. The van der Waals surface area contributed by atoms with Gasteiger partial charge in [0, 0.05) is 29.8 Å². The zero-order chi connectivity index (χ0) is 15.4. The molecule has 0 fully saturated rings. The van der Waals surface area contributed by atoms with Crippen molar-refractivity contribution in [2.24, 2.45) is 5.73 Å². The lowest BCUT2D eigenvalue weighted by molar-refractivity contribution is 0.645. The highest BCUT2D eigenvalue weighted by atomic mass is 79.9. The first-order valence-electron chi connectivity index (χ1n) is 7.26. The van der Waals surface area contributed by atoms with Crippen molar-refractivity contribution in [1.82, 2.24) is 0 Å². The van der Waals surface area contributed by atoms with Crippen LogP contribution in [0, 0.1) is 13.8 Å². The lowest BCUT2D eigenvalue weighted by Crippen LogP contribution is -2.23. The van der Waals surface area contributed by atoms with Crippen molar-refractivity contribution >= 4 is 21.6 Å². The van der Waals surface area contributed by atoms with Crippen molar-refractivity contribution in [3.8, 4) is 0 Å². The first kappa shape index (κ1) is 16.1. The van der Waals surface area contributed by atoms with Crippen molar-refractivity contribution in [2.45, 2.75) is 26.3 Å². The van der Waals surface area contributed by atoms with Crippen LogP contribution in [0.1, 0.15) is 29.2 Å². The van der Waals surface area contributed by atoms with Gasteiger partial charge in [-0.1, -0.05) is 34.1 Å². The van der Waals surface area contributed by atoms with Gasteiger partial charge in [0.25, 0.3) is 0 Å². The molecule has 0 spiro atoms. The van der Waals surface area contributed by atoms with Crippen LogP contribution in [0.3, 0.4) is 0 Å². The Balaban J connectivity index is 1.97. The average Bonchev–Trinajstić information content (AvgIpc) is 2.44. The van der Waals surface area contributed by atoms with Gasteiger partial charge in [0.2, 0.25) is 0 Å². The van der Waals surface area contributed by atoms with E-state index in [0.717, 1.165) is 17.4 Å². The third kappa shape index (κ3) is 4.58. The molecule has 0 radical (unpaired) electrons. The molecular formula is C18H23BrN2. The summed E-state index contributed by atoms with van der Waals surface area (Å²) < 4.78 is 1.09. The van der Waals surface area contributed by atoms with Crippen LogP contribution in [0.5, 0.6) is 0 Å². The van der Waals surface area contributed by atoms with Crippen molar-refractivity contribution in [2.75, 3.05) is 18.5 Å². The monoisotopic (exact) mass is 346 g/mol. The highest BCUT2D eigenvalue weighted by Gasteiger charge is 2.08. The maximum atomic E-state index is 6.29. The van der Waals surface area contributed by atoms with E-state index >= 15 is 0 Å². The Bertz CT molecular complexity index is 572. The molecule has 0 bridgehead atoms. The van der Waals surface area contributed by atoms with Gasteiger partial charge in [-0.05, 0) is 61.2 Å². The van der Waals surface area contributed by atoms with Crippen molar-refractivity contribution in [3.05, 3.63) is 63.6 Å². The van der Waals surface area contributed by atoms with Crippen molar-refractivity contribution < 1.29 is 0 Å². The Morgan fingerprint density at radius 3 is 2.19 bits per heavy atom. The Morgan fingerprint density at radius 2 is 1.62 bits per heavy atom. The molecule has 0 aliphatic rings. The third-order valence-electron chi connectivity index (χ3n) is 3.72. The third-order valence-corrected chi connectivity index (χ3v) is 4.25. The zero-order valence-electron chi connectivity index (χ0n) is 12.9. The Kier molecular flexibility index (Phi) is 5.43. The SMILES string of the molecule is Cc1cc(C)cc(N(C)CCC(N)c2ccc(Br)cc2)c1. The minimum absolute atomic E-state index is 0.0754. The number of rotatable bonds is 5. The van der Waals surface area contributed by atoms with Crippen molar-refractivity contribution in [1.29, 1.82) is 0 Å². The van der Waals surface area contributed by atoms with Crippen LogP contribution in [-0.4, -0.2) is 13.6 Å². The van der Waals surface area contributed by atoms with Gasteiger partial charge in [0.15, 0.2) is 0 Å². The molecule has 0 saturated carbocycles. The standard InChI is InChI=1S/C18H23BrN2/c1-13-10-14(2)12-17(11-13)21(3)9-8-18(20)15-4-6-16(19)7-5-15/h4-7,10-12,18H,8-9,20H2,1-3H3. The molecule has 112 valence electrons. The van der Waals surface area contributed by atoms with Gasteiger partial charge in [0.1, 0.15) is 0 Å². The minimum Gasteiger partial charge on any atom is -0.375 e. The second kappa shape index (κ2) is 7.10. The summed E-state index contributed by atoms with van der Waals surface area (Å²) in [4.78, 5) is 2.28. The van der Waals surface area contributed by atoms with Crippen LogP contribution < -0.4 is 10.6 Å². The van der Waals surface area contributed by atoms with Crippen LogP contribution in [0.15, 0.2) is 46.9 Å². The van der Waals surface area contributed by atoms with Crippen LogP contribution in [-0.2, 0) is 0 Å². The molecule has 0 aliphatic heterocycles. The zero-order valence-corrected chi connectivity index (χ0v) is 14.5. The molecule has 1 atom stereocenters. The van der Waals surface area contributed by atoms with Gasteiger partial charge in [-0.15, -0.1) is 0 Å². The molecule has 2 N–H and O–H groups in total. The normalized spacial score (nSPS) is 12.2. The summed E-state index contributed by atoms with van der Waals surface area (Å²) in [5.74, 6) is 0. The highest BCUT2D eigenvalue weighted by Crippen LogP contribution is 2.21. The number of nitrogens with zero attached hydrogens (tertiary/aromatic N) is 1. The first-order valence-corrected chi connectivity index (χ1v) is 8.05. The van der Waals surface area contributed by atoms with E-state index in [1.54, 1.807) is 0 Å². The van der Waals surface area contributed by atoms with E-state index in [1.165, 1.54) is 22.4 Å². The Labute approximate surface area is 136 Å². The molecule has 21 heavy (non-hydrogen) atoms. The summed E-state index contributed by atoms with van der Waals surface area (Å²) in [6.07, 6.45) is 0.936. The van der Waals surface area contributed by atoms with E-state index in [2.05, 4.69) is 72.1 Å². The summed E-state index contributed by atoms with van der Waals surface area (Å²) in [5.41, 5.74) is 11.3. The summed E-state index contributed by atoms with van der Waals surface area (Å²) in [5, 5.41) is 0. The van der Waals surface area contributed by atoms with E-state index in [9.17, 15) is 0 Å². The number of aryl methyl sites for hydroxylation is 2. The largest absolute Gasteiger partial charge is 0.375 e. The predicted octanol–water partition coefficient (Wildman–Crippen LogP) is 4.59. The lowest BCUT2D eigenvalue weighted by Gasteiger charge is -2.22. The van der Waals surface area contributed by atoms with E-state index in [0.29, 0.717) is 0 Å². The first-order chi connectivity index (χ1) is 9.95. The van der Waals surface area contributed by atoms with Gasteiger partial charge in [-0.2, -0.15) is 0 Å². The molecule has 2 aromatic carbocycles.